The van der Waals surface area contributed by atoms with E-state index >= 15 is 0 Å². The Morgan fingerprint density at radius 1 is 1.25 bits per heavy atom. The molecule has 4 heavy (non-hydrogen) atoms. The standard InChI is InChI=1S/Ga.H2N3.3H/c;1-3-2;;;/h;1-2H;;;/q;+1;;;. The molecule has 0 atom stereocenters. The molecular formula is H5GaN3+. The zero-order valence-electron chi connectivity index (χ0n) is 1.45. The average Bonchev–Trinajstić information content (AvgIpc) is 0.918. The molecule has 0 unspecified atom stereocenters. The van der Waals surface area contributed by atoms with Crippen molar-refractivity contribution in [2.24, 2.45) is 0 Å². The third-order valence-electron chi connectivity index (χ3n) is 0. The van der Waals surface area contributed by atoms with Gasteiger partial charge in [0.05, 0.1) is 0 Å². The molecule has 0 saturated heterocycles. The molecule has 0 aromatic carbocycles. The molecule has 0 aromatic rings. The van der Waals surface area contributed by atoms with Gasteiger partial charge in [-0.3, -0.25) is 0 Å². The van der Waals surface area contributed by atoms with Crippen molar-refractivity contribution in [2.75, 3.05) is 0 Å². The van der Waals surface area contributed by atoms with Crippen LogP contribution in [0.3, 0.4) is 0 Å². The first-order valence-electron chi connectivity index (χ1n) is 0.447. The van der Waals surface area contributed by atoms with Crippen LogP contribution in [0.5, 0.6) is 0 Å². The number of nitrogens with zero attached hydrogens (tertiary/aromatic N) is 1. The van der Waals surface area contributed by atoms with Crippen LogP contribution in [0, 0.1) is 11.1 Å². The van der Waals surface area contributed by atoms with Crippen molar-refractivity contribution in [3.05, 3.63) is 0 Å². The molecule has 3 nitrogen and oxygen atoms in total. The summed E-state index contributed by atoms with van der Waals surface area (Å²) < 4.78 is 0. The Labute approximate surface area is 36.5 Å². The summed E-state index contributed by atoms with van der Waals surface area (Å²) in [6, 6.07) is 0. The molecule has 0 aliphatic carbocycles. The second-order valence-corrected chi connectivity index (χ2v) is 0.112. The van der Waals surface area contributed by atoms with E-state index in [1.807, 2.05) is 4.91 Å². The first-order chi connectivity index (χ1) is 1.41. The molecule has 0 spiro atoms. The molecule has 0 saturated carbocycles. The third-order valence-corrected chi connectivity index (χ3v) is 0. The minimum atomic E-state index is 0. The van der Waals surface area contributed by atoms with Gasteiger partial charge in [0.15, 0.2) is 0 Å². The predicted octanol–water partition coefficient (Wildman–Crippen LogP) is -1.07. The van der Waals surface area contributed by atoms with Gasteiger partial charge in [0.25, 0.3) is 0 Å². The van der Waals surface area contributed by atoms with Crippen LogP contribution in [0.25, 0.3) is 0 Å². The molecule has 22 valence electrons. The van der Waals surface area contributed by atoms with Crippen molar-refractivity contribution in [1.82, 2.24) is 4.91 Å². The van der Waals surface area contributed by atoms with Crippen molar-refractivity contribution < 1.29 is 0 Å². The van der Waals surface area contributed by atoms with Crippen LogP contribution in [0.4, 0.5) is 0 Å². The Kier molecular flexibility index (Phi) is 28.2. The van der Waals surface area contributed by atoms with Gasteiger partial charge in [-0.05, 0) is 0 Å². The second-order valence-electron chi connectivity index (χ2n) is 0.112. The molecule has 0 aliphatic rings. The van der Waals surface area contributed by atoms with Crippen molar-refractivity contribution >= 4 is 19.8 Å². The van der Waals surface area contributed by atoms with E-state index in [4.69, 9.17) is 11.1 Å². The first kappa shape index (κ1) is 9.04. The molecule has 0 bridgehead atoms. The van der Waals surface area contributed by atoms with Crippen LogP contribution < -0.4 is 4.91 Å². The second kappa shape index (κ2) is 12.5. The quantitative estimate of drug-likeness (QED) is 0.230. The minimum absolute atomic E-state index is 0. The molecule has 0 aliphatic heterocycles. The van der Waals surface area contributed by atoms with E-state index in [0.717, 1.165) is 0 Å². The fourth-order valence-corrected chi connectivity index (χ4v) is 0. The van der Waals surface area contributed by atoms with Crippen LogP contribution in [-0.4, -0.2) is 19.8 Å². The van der Waals surface area contributed by atoms with Crippen LogP contribution in [0.1, 0.15) is 0 Å². The van der Waals surface area contributed by atoms with Gasteiger partial charge in [-0.1, -0.05) is 0 Å². The fraction of sp³-hybridized carbons (Fsp3) is 0. The monoisotopic (exact) mass is 116 g/mol. The van der Waals surface area contributed by atoms with E-state index < -0.39 is 0 Å². The van der Waals surface area contributed by atoms with Gasteiger partial charge >= 0.3 is 19.8 Å². The Bertz CT molecular complexity index is 24.3. The van der Waals surface area contributed by atoms with Crippen LogP contribution in [0.2, 0.25) is 0 Å². The number of nitrogens with one attached hydrogen (secondary N) is 2. The number of hydrogen-bond donors (Lipinski definition) is 2. The maximum absolute atomic E-state index is 5.50. The van der Waals surface area contributed by atoms with Crippen molar-refractivity contribution in [3.8, 4) is 0 Å². The summed E-state index contributed by atoms with van der Waals surface area (Å²) >= 11 is 0. The SMILES string of the molecule is N=[N+]=N.[GaH3]. The van der Waals surface area contributed by atoms with Gasteiger partial charge in [0, 0.05) is 0 Å². The van der Waals surface area contributed by atoms with E-state index in [9.17, 15) is 0 Å². The van der Waals surface area contributed by atoms with Gasteiger partial charge in [0.2, 0.25) is 4.91 Å². The van der Waals surface area contributed by atoms with Gasteiger partial charge in [-0.25, -0.2) is 0 Å². The van der Waals surface area contributed by atoms with Crippen LogP contribution in [-0.2, 0) is 0 Å². The zero-order chi connectivity index (χ0) is 2.71. The summed E-state index contributed by atoms with van der Waals surface area (Å²) in [4.78, 5) is 2.00. The number of rotatable bonds is 0. The van der Waals surface area contributed by atoms with Crippen molar-refractivity contribution in [2.45, 2.75) is 0 Å². The van der Waals surface area contributed by atoms with E-state index in [2.05, 4.69) is 0 Å². The summed E-state index contributed by atoms with van der Waals surface area (Å²) in [7, 11) is 0. The van der Waals surface area contributed by atoms with Gasteiger partial charge in [-0.15, -0.1) is 0 Å². The Morgan fingerprint density at radius 3 is 1.25 bits per heavy atom. The molecule has 4 heteroatoms. The summed E-state index contributed by atoms with van der Waals surface area (Å²) in [6.45, 7) is 0. The zero-order valence-corrected chi connectivity index (χ0v) is 1.45. The summed E-state index contributed by atoms with van der Waals surface area (Å²) in [5, 5.41) is 0. The van der Waals surface area contributed by atoms with Crippen molar-refractivity contribution in [3.63, 3.8) is 0 Å². The Balaban J connectivity index is 0. The fourth-order valence-electron chi connectivity index (χ4n) is 0. The topological polar surface area (TPSA) is 61.8 Å². The summed E-state index contributed by atoms with van der Waals surface area (Å²) in [6.07, 6.45) is 0. The van der Waals surface area contributed by atoms with E-state index in [1.165, 1.54) is 0 Å². The first-order valence-corrected chi connectivity index (χ1v) is 0.447. The van der Waals surface area contributed by atoms with Crippen LogP contribution in [0.15, 0.2) is 0 Å². The molecule has 0 radical (unpaired) electrons. The predicted molar refractivity (Wildman–Crippen MR) is 17.5 cm³/mol. The molecule has 0 fully saturated rings. The van der Waals surface area contributed by atoms with Crippen molar-refractivity contribution in [1.29, 1.82) is 11.1 Å². The van der Waals surface area contributed by atoms with Gasteiger partial charge < -0.3 is 0 Å². The maximum atomic E-state index is 5.50. The molecule has 0 amide bonds. The van der Waals surface area contributed by atoms with Gasteiger partial charge in [0.1, 0.15) is 11.1 Å². The number of hydrogen-bond acceptors (Lipinski definition) is 2. The molecular weight excluding hydrogens is 112 g/mol. The van der Waals surface area contributed by atoms with E-state index in [1.54, 1.807) is 0 Å². The summed E-state index contributed by atoms with van der Waals surface area (Å²) in [5.74, 6) is 0. The Hall–Kier alpha value is -0.0536. The average molecular weight is 117 g/mol. The Morgan fingerprint density at radius 2 is 1.25 bits per heavy atom. The normalized spacial score (nSPS) is 2.00. The molecule has 0 aromatic heterocycles. The van der Waals surface area contributed by atoms with Crippen LogP contribution >= 0.6 is 0 Å². The van der Waals surface area contributed by atoms with Gasteiger partial charge in [-0.2, -0.15) is 0 Å². The van der Waals surface area contributed by atoms with E-state index in [0.29, 0.717) is 0 Å². The third kappa shape index (κ3) is 606. The molecule has 0 rings (SSSR count). The summed E-state index contributed by atoms with van der Waals surface area (Å²) in [5.41, 5.74) is 11.0. The molecule has 2 N–H and O–H groups in total. The molecule has 0 heterocycles. The van der Waals surface area contributed by atoms with E-state index in [-0.39, 0.29) is 19.8 Å².